The average molecular weight is 333 g/mol. The summed E-state index contributed by atoms with van der Waals surface area (Å²) < 4.78 is 0. The number of urea groups is 1. The van der Waals surface area contributed by atoms with E-state index in [-0.39, 0.29) is 18.7 Å². The van der Waals surface area contributed by atoms with Crippen LogP contribution in [0.1, 0.15) is 33.6 Å². The molecule has 0 bridgehead atoms. The summed E-state index contributed by atoms with van der Waals surface area (Å²) >= 11 is 1.67. The van der Waals surface area contributed by atoms with Gasteiger partial charge in [0.2, 0.25) is 0 Å². The predicted octanol–water partition coefficient (Wildman–Crippen LogP) is 2.73. The van der Waals surface area contributed by atoms with Crippen molar-refractivity contribution < 1.29 is 9.90 Å². The van der Waals surface area contributed by atoms with Crippen LogP contribution in [0.4, 0.5) is 4.79 Å². The van der Waals surface area contributed by atoms with Crippen LogP contribution in [0.5, 0.6) is 0 Å². The van der Waals surface area contributed by atoms with Crippen molar-refractivity contribution in [2.75, 3.05) is 13.2 Å². The highest BCUT2D eigenvalue weighted by atomic mass is 32.1. The molecule has 0 saturated heterocycles. The molecule has 1 heterocycles. The summed E-state index contributed by atoms with van der Waals surface area (Å²) in [6.45, 7) is 4.57. The number of aliphatic hydroxyl groups excluding tert-OH is 1. The highest BCUT2D eigenvalue weighted by molar-refractivity contribution is 7.11. The van der Waals surface area contributed by atoms with Crippen molar-refractivity contribution in [1.82, 2.24) is 15.6 Å². The van der Waals surface area contributed by atoms with Crippen LogP contribution >= 0.6 is 11.3 Å². The number of aromatic nitrogens is 1. The molecule has 0 aliphatic heterocycles. The van der Waals surface area contributed by atoms with Gasteiger partial charge in [0.1, 0.15) is 0 Å². The lowest BCUT2D eigenvalue weighted by Gasteiger charge is -2.18. The van der Waals surface area contributed by atoms with Crippen molar-refractivity contribution in [2.24, 2.45) is 0 Å². The molecule has 6 heteroatoms. The third kappa shape index (κ3) is 5.33. The van der Waals surface area contributed by atoms with Crippen LogP contribution in [0.2, 0.25) is 0 Å². The van der Waals surface area contributed by atoms with Crippen molar-refractivity contribution >= 4 is 17.4 Å². The van der Waals surface area contributed by atoms with Gasteiger partial charge in [-0.25, -0.2) is 9.78 Å². The smallest absolute Gasteiger partial charge is 0.315 e. The Balaban J connectivity index is 1.83. The molecule has 3 N–H and O–H groups in total. The molecule has 0 radical (unpaired) electrons. The topological polar surface area (TPSA) is 74.2 Å². The second kappa shape index (κ2) is 8.64. The quantitative estimate of drug-likeness (QED) is 0.729. The molecule has 0 aliphatic rings. The van der Waals surface area contributed by atoms with Gasteiger partial charge < -0.3 is 15.7 Å². The number of rotatable bonds is 7. The van der Waals surface area contributed by atoms with E-state index in [9.17, 15) is 9.90 Å². The van der Waals surface area contributed by atoms with Crippen LogP contribution in [-0.2, 0) is 6.42 Å². The third-order valence-corrected chi connectivity index (χ3v) is 4.69. The molecule has 2 aromatic rings. The second-order valence-corrected chi connectivity index (χ2v) is 6.66. The van der Waals surface area contributed by atoms with E-state index in [4.69, 9.17) is 0 Å². The van der Waals surface area contributed by atoms with Gasteiger partial charge in [0, 0.05) is 24.4 Å². The molecule has 0 saturated carbocycles. The van der Waals surface area contributed by atoms with Gasteiger partial charge in [-0.15, -0.1) is 11.3 Å². The Kier molecular flexibility index (Phi) is 6.55. The number of carbonyl (C=O) groups excluding carboxylic acids is 1. The molecule has 124 valence electrons. The van der Waals surface area contributed by atoms with Crippen LogP contribution in [-0.4, -0.2) is 29.3 Å². The standard InChI is InChI=1S/C17H23N3O2S/c1-12-16(23-13(2)19-12)8-10-18-17(22)20-15(9-11-21)14-6-4-3-5-7-14/h3-7,15,21H,8-11H2,1-2H3,(H2,18,20,22)/t15-/m1/s1. The summed E-state index contributed by atoms with van der Waals surface area (Å²) in [5.41, 5.74) is 2.03. The van der Waals surface area contributed by atoms with Crippen molar-refractivity contribution in [3.05, 3.63) is 51.5 Å². The molecule has 1 aromatic heterocycles. The van der Waals surface area contributed by atoms with Crippen LogP contribution in [0.15, 0.2) is 30.3 Å². The summed E-state index contributed by atoms with van der Waals surface area (Å²) in [5.74, 6) is 0. The van der Waals surface area contributed by atoms with Gasteiger partial charge in [-0.2, -0.15) is 0 Å². The van der Waals surface area contributed by atoms with E-state index < -0.39 is 0 Å². The predicted molar refractivity (Wildman–Crippen MR) is 92.7 cm³/mol. The van der Waals surface area contributed by atoms with Crippen LogP contribution in [0.3, 0.4) is 0 Å². The highest BCUT2D eigenvalue weighted by Gasteiger charge is 2.13. The van der Waals surface area contributed by atoms with Gasteiger partial charge in [0.25, 0.3) is 0 Å². The first kappa shape index (κ1) is 17.4. The number of nitrogens with one attached hydrogen (secondary N) is 2. The summed E-state index contributed by atoms with van der Waals surface area (Å²) in [6.07, 6.45) is 1.27. The Morgan fingerprint density at radius 1 is 1.30 bits per heavy atom. The van der Waals surface area contributed by atoms with Crippen molar-refractivity contribution in [3.63, 3.8) is 0 Å². The Morgan fingerprint density at radius 3 is 2.65 bits per heavy atom. The molecule has 2 rings (SSSR count). The van der Waals surface area contributed by atoms with E-state index in [0.717, 1.165) is 22.7 Å². The van der Waals surface area contributed by atoms with E-state index in [1.807, 2.05) is 44.2 Å². The minimum atomic E-state index is -0.216. The lowest BCUT2D eigenvalue weighted by molar-refractivity contribution is 0.229. The maximum absolute atomic E-state index is 12.1. The van der Waals surface area contributed by atoms with Crippen molar-refractivity contribution in [2.45, 2.75) is 32.7 Å². The van der Waals surface area contributed by atoms with Gasteiger partial charge in [-0.05, 0) is 25.8 Å². The van der Waals surface area contributed by atoms with E-state index >= 15 is 0 Å². The zero-order valence-corrected chi connectivity index (χ0v) is 14.3. The molecule has 5 nitrogen and oxygen atoms in total. The fourth-order valence-corrected chi connectivity index (χ4v) is 3.38. The van der Waals surface area contributed by atoms with Crippen LogP contribution < -0.4 is 10.6 Å². The summed E-state index contributed by atoms with van der Waals surface area (Å²) in [5, 5.41) is 16.0. The molecule has 1 atom stereocenters. The first-order valence-electron chi connectivity index (χ1n) is 7.73. The summed E-state index contributed by atoms with van der Waals surface area (Å²) in [4.78, 5) is 17.7. The number of hydrogen-bond donors (Lipinski definition) is 3. The molecule has 1 aromatic carbocycles. The van der Waals surface area contributed by atoms with Crippen LogP contribution in [0, 0.1) is 13.8 Å². The number of thiazole rings is 1. The van der Waals surface area contributed by atoms with Gasteiger partial charge in [-0.3, -0.25) is 0 Å². The second-order valence-electron chi connectivity index (χ2n) is 5.37. The SMILES string of the molecule is Cc1nc(C)c(CCNC(=O)N[C@H](CCO)c2ccccc2)s1. The molecule has 0 spiro atoms. The lowest BCUT2D eigenvalue weighted by Crippen LogP contribution is -2.39. The number of amides is 2. The maximum atomic E-state index is 12.1. The average Bonchev–Trinajstić information content (AvgIpc) is 2.85. The normalized spacial score (nSPS) is 12.0. The minimum absolute atomic E-state index is 0.0270. The van der Waals surface area contributed by atoms with Crippen molar-refractivity contribution in [1.29, 1.82) is 0 Å². The largest absolute Gasteiger partial charge is 0.396 e. The third-order valence-electron chi connectivity index (χ3n) is 3.56. The Bertz CT molecular complexity index is 628. The molecule has 23 heavy (non-hydrogen) atoms. The van der Waals surface area contributed by atoms with E-state index in [2.05, 4.69) is 15.6 Å². The van der Waals surface area contributed by atoms with Gasteiger partial charge in [-0.1, -0.05) is 30.3 Å². The Labute approximate surface area is 140 Å². The molecule has 0 unspecified atom stereocenters. The Morgan fingerprint density at radius 2 is 2.04 bits per heavy atom. The van der Waals surface area contributed by atoms with E-state index in [0.29, 0.717) is 13.0 Å². The molecule has 2 amide bonds. The number of carbonyl (C=O) groups is 1. The van der Waals surface area contributed by atoms with E-state index in [1.54, 1.807) is 11.3 Å². The fourth-order valence-electron chi connectivity index (χ4n) is 2.44. The Hall–Kier alpha value is -1.92. The molecular formula is C17H23N3O2S. The summed E-state index contributed by atoms with van der Waals surface area (Å²) in [7, 11) is 0. The first-order chi connectivity index (χ1) is 11.1. The number of benzene rings is 1. The minimum Gasteiger partial charge on any atom is -0.396 e. The fraction of sp³-hybridized carbons (Fsp3) is 0.412. The lowest BCUT2D eigenvalue weighted by atomic mass is 10.0. The van der Waals surface area contributed by atoms with Gasteiger partial charge >= 0.3 is 6.03 Å². The number of aliphatic hydroxyl groups is 1. The zero-order chi connectivity index (χ0) is 16.7. The molecular weight excluding hydrogens is 310 g/mol. The van der Waals surface area contributed by atoms with Crippen molar-refractivity contribution in [3.8, 4) is 0 Å². The maximum Gasteiger partial charge on any atom is 0.315 e. The van der Waals surface area contributed by atoms with Gasteiger partial charge in [0.05, 0.1) is 16.7 Å². The molecule has 0 fully saturated rings. The summed E-state index contributed by atoms with van der Waals surface area (Å²) in [6, 6.07) is 9.27. The zero-order valence-electron chi connectivity index (χ0n) is 13.5. The van der Waals surface area contributed by atoms with Crippen LogP contribution in [0.25, 0.3) is 0 Å². The number of nitrogens with zero attached hydrogens (tertiary/aromatic N) is 1. The number of aryl methyl sites for hydroxylation is 2. The van der Waals surface area contributed by atoms with Gasteiger partial charge in [0.15, 0.2) is 0 Å². The molecule has 0 aliphatic carbocycles. The number of hydrogen-bond acceptors (Lipinski definition) is 4. The highest BCUT2D eigenvalue weighted by Crippen LogP contribution is 2.17. The van der Waals surface area contributed by atoms with E-state index in [1.165, 1.54) is 4.88 Å². The monoisotopic (exact) mass is 333 g/mol. The first-order valence-corrected chi connectivity index (χ1v) is 8.55.